The predicted octanol–water partition coefficient (Wildman–Crippen LogP) is 1.71. The van der Waals surface area contributed by atoms with Gasteiger partial charge >= 0.3 is 0 Å². The molecule has 0 aromatic carbocycles. The summed E-state index contributed by atoms with van der Waals surface area (Å²) >= 11 is 11.5. The molecule has 0 atom stereocenters. The van der Waals surface area contributed by atoms with Gasteiger partial charge in [-0.3, -0.25) is 0 Å². The molecule has 0 saturated heterocycles. The zero-order valence-corrected chi connectivity index (χ0v) is 7.81. The van der Waals surface area contributed by atoms with E-state index in [-0.39, 0.29) is 6.61 Å². The van der Waals surface area contributed by atoms with Crippen LogP contribution in [0.3, 0.4) is 0 Å². The fourth-order valence-corrected chi connectivity index (χ4v) is 1.34. The van der Waals surface area contributed by atoms with E-state index in [0.717, 1.165) is 0 Å². The summed E-state index contributed by atoms with van der Waals surface area (Å²) in [5.74, 6) is 0. The molecule has 0 spiro atoms. The summed E-state index contributed by atoms with van der Waals surface area (Å²) in [5, 5.41) is 9.31. The van der Waals surface area contributed by atoms with Crippen molar-refractivity contribution in [2.24, 2.45) is 0 Å². The van der Waals surface area contributed by atoms with Crippen LogP contribution >= 0.6 is 23.2 Å². The van der Waals surface area contributed by atoms with Crippen LogP contribution in [0.1, 0.15) is 12.0 Å². The van der Waals surface area contributed by atoms with Crippen LogP contribution in [0.25, 0.3) is 0 Å². The van der Waals surface area contributed by atoms with Crippen molar-refractivity contribution < 1.29 is 5.11 Å². The van der Waals surface area contributed by atoms with Crippen molar-refractivity contribution in [3.8, 4) is 0 Å². The third-order valence-corrected chi connectivity index (χ3v) is 2.08. The Balaban J connectivity index is 2.81. The van der Waals surface area contributed by atoms with Crippen molar-refractivity contribution in [2.45, 2.75) is 12.8 Å². The summed E-state index contributed by atoms with van der Waals surface area (Å²) in [6.45, 7) is 0.113. The number of aliphatic hydroxyl groups excluding tert-OH is 1. The van der Waals surface area contributed by atoms with Crippen molar-refractivity contribution in [3.05, 3.63) is 22.2 Å². The predicted molar refractivity (Wildman–Crippen MR) is 47.5 cm³/mol. The van der Waals surface area contributed by atoms with Crippen LogP contribution in [-0.2, 0) is 6.42 Å². The fourth-order valence-electron chi connectivity index (χ4n) is 0.833. The Morgan fingerprint density at radius 1 is 1.25 bits per heavy atom. The monoisotopic (exact) mass is 206 g/mol. The smallest absolute Gasteiger partial charge is 0.137 e. The van der Waals surface area contributed by atoms with Gasteiger partial charge in [0.05, 0.1) is 0 Å². The topological polar surface area (TPSA) is 46.0 Å². The summed E-state index contributed by atoms with van der Waals surface area (Å²) in [4.78, 5) is 7.56. The quantitative estimate of drug-likeness (QED) is 0.767. The van der Waals surface area contributed by atoms with Gasteiger partial charge in [-0.05, 0) is 12.8 Å². The van der Waals surface area contributed by atoms with E-state index in [4.69, 9.17) is 28.3 Å². The normalized spacial score (nSPS) is 10.2. The summed E-state index contributed by atoms with van der Waals surface area (Å²) < 4.78 is 0. The summed E-state index contributed by atoms with van der Waals surface area (Å²) in [6, 6.07) is 0. The Labute approximate surface area is 80.4 Å². The number of aromatic nitrogens is 2. The van der Waals surface area contributed by atoms with Gasteiger partial charge in [-0.15, -0.1) is 0 Å². The highest BCUT2D eigenvalue weighted by atomic mass is 35.5. The lowest BCUT2D eigenvalue weighted by atomic mass is 10.2. The van der Waals surface area contributed by atoms with Gasteiger partial charge in [0.1, 0.15) is 16.6 Å². The van der Waals surface area contributed by atoms with Gasteiger partial charge in [0.25, 0.3) is 0 Å². The second-order valence-electron chi connectivity index (χ2n) is 2.26. The van der Waals surface area contributed by atoms with Crippen LogP contribution in [0.2, 0.25) is 10.3 Å². The van der Waals surface area contributed by atoms with Crippen LogP contribution in [0.5, 0.6) is 0 Å². The van der Waals surface area contributed by atoms with Gasteiger partial charge in [-0.1, -0.05) is 23.2 Å². The zero-order valence-electron chi connectivity index (χ0n) is 6.30. The largest absolute Gasteiger partial charge is 0.396 e. The standard InChI is InChI=1S/C7H8Cl2N2O/c8-6-5(2-1-3-12)7(9)11-4-10-6/h4,12H,1-3H2. The molecule has 0 unspecified atom stereocenters. The van der Waals surface area contributed by atoms with Crippen molar-refractivity contribution >= 4 is 23.2 Å². The molecule has 1 aromatic heterocycles. The third-order valence-electron chi connectivity index (χ3n) is 1.43. The SMILES string of the molecule is OCCCc1c(Cl)ncnc1Cl. The van der Waals surface area contributed by atoms with Gasteiger partial charge in [-0.25, -0.2) is 9.97 Å². The molecule has 66 valence electrons. The molecule has 5 heteroatoms. The highest BCUT2D eigenvalue weighted by Crippen LogP contribution is 2.20. The van der Waals surface area contributed by atoms with Gasteiger partial charge in [0, 0.05) is 12.2 Å². The molecule has 0 saturated carbocycles. The van der Waals surface area contributed by atoms with E-state index in [1.165, 1.54) is 6.33 Å². The molecule has 0 aliphatic carbocycles. The second kappa shape index (κ2) is 4.60. The molecule has 0 radical (unpaired) electrons. The molecule has 1 N–H and O–H groups in total. The van der Waals surface area contributed by atoms with Gasteiger partial charge in [-0.2, -0.15) is 0 Å². The minimum Gasteiger partial charge on any atom is -0.396 e. The molecule has 1 rings (SSSR count). The van der Waals surface area contributed by atoms with E-state index in [2.05, 4.69) is 9.97 Å². The van der Waals surface area contributed by atoms with E-state index in [1.54, 1.807) is 0 Å². The van der Waals surface area contributed by atoms with Gasteiger partial charge in [0.15, 0.2) is 0 Å². The molecule has 3 nitrogen and oxygen atoms in total. The number of aliphatic hydroxyl groups is 1. The van der Waals surface area contributed by atoms with Crippen molar-refractivity contribution in [1.82, 2.24) is 9.97 Å². The second-order valence-corrected chi connectivity index (χ2v) is 2.98. The summed E-state index contributed by atoms with van der Waals surface area (Å²) in [7, 11) is 0. The Morgan fingerprint density at radius 2 is 1.83 bits per heavy atom. The Bertz CT molecular complexity index is 247. The highest BCUT2D eigenvalue weighted by molar-refractivity contribution is 6.34. The summed E-state index contributed by atoms with van der Waals surface area (Å²) in [6.07, 6.45) is 2.54. The fraction of sp³-hybridized carbons (Fsp3) is 0.429. The average Bonchev–Trinajstić information content (AvgIpc) is 2.04. The van der Waals surface area contributed by atoms with E-state index in [9.17, 15) is 0 Å². The molecular weight excluding hydrogens is 199 g/mol. The lowest BCUT2D eigenvalue weighted by Gasteiger charge is -2.02. The number of rotatable bonds is 3. The first-order valence-corrected chi connectivity index (χ1v) is 4.27. The van der Waals surface area contributed by atoms with Crippen molar-refractivity contribution in [2.75, 3.05) is 6.61 Å². The minimum absolute atomic E-state index is 0.113. The number of hydrogen-bond donors (Lipinski definition) is 1. The third kappa shape index (κ3) is 2.30. The van der Waals surface area contributed by atoms with Crippen LogP contribution in [0.4, 0.5) is 0 Å². The molecule has 1 aromatic rings. The first-order valence-electron chi connectivity index (χ1n) is 3.51. The van der Waals surface area contributed by atoms with Crippen molar-refractivity contribution in [3.63, 3.8) is 0 Å². The highest BCUT2D eigenvalue weighted by Gasteiger charge is 2.06. The Hall–Kier alpha value is -0.380. The zero-order chi connectivity index (χ0) is 8.97. The molecule has 1 heterocycles. The lowest BCUT2D eigenvalue weighted by Crippen LogP contribution is -1.95. The molecule has 0 aliphatic heterocycles. The molecule has 0 amide bonds. The molecule has 12 heavy (non-hydrogen) atoms. The van der Waals surface area contributed by atoms with E-state index >= 15 is 0 Å². The summed E-state index contributed by atoms with van der Waals surface area (Å²) in [5.41, 5.74) is 0.704. The number of hydrogen-bond acceptors (Lipinski definition) is 3. The lowest BCUT2D eigenvalue weighted by molar-refractivity contribution is 0.288. The van der Waals surface area contributed by atoms with Crippen LogP contribution in [0.15, 0.2) is 6.33 Å². The van der Waals surface area contributed by atoms with E-state index in [0.29, 0.717) is 28.7 Å². The van der Waals surface area contributed by atoms with Crippen molar-refractivity contribution in [1.29, 1.82) is 0 Å². The molecular formula is C7H8Cl2N2O. The van der Waals surface area contributed by atoms with Gasteiger partial charge in [0.2, 0.25) is 0 Å². The minimum atomic E-state index is 0.113. The Kier molecular flexibility index (Phi) is 3.72. The maximum Gasteiger partial charge on any atom is 0.137 e. The van der Waals surface area contributed by atoms with Crippen LogP contribution < -0.4 is 0 Å². The number of nitrogens with zero attached hydrogens (tertiary/aromatic N) is 2. The number of halogens is 2. The first kappa shape index (κ1) is 9.71. The van der Waals surface area contributed by atoms with Gasteiger partial charge < -0.3 is 5.11 Å². The van der Waals surface area contributed by atoms with Crippen LogP contribution in [-0.4, -0.2) is 21.7 Å². The first-order chi connectivity index (χ1) is 5.75. The van der Waals surface area contributed by atoms with E-state index < -0.39 is 0 Å². The van der Waals surface area contributed by atoms with Crippen LogP contribution in [0, 0.1) is 0 Å². The molecule has 0 aliphatic rings. The molecule has 0 bridgehead atoms. The maximum atomic E-state index is 8.58. The Morgan fingerprint density at radius 3 is 2.33 bits per heavy atom. The average molecular weight is 207 g/mol. The maximum absolute atomic E-state index is 8.58. The molecule has 0 fully saturated rings. The van der Waals surface area contributed by atoms with E-state index in [1.807, 2.05) is 0 Å².